The van der Waals surface area contributed by atoms with Crippen LogP contribution in [0.3, 0.4) is 0 Å². The van der Waals surface area contributed by atoms with E-state index in [0.29, 0.717) is 0 Å². The quantitative estimate of drug-likeness (QED) is 0.538. The van der Waals surface area contributed by atoms with Crippen LogP contribution >= 0.6 is 0 Å². The molecule has 0 saturated heterocycles. The minimum atomic E-state index is -1.01. The lowest BCUT2D eigenvalue weighted by Crippen LogP contribution is -2.22. The number of carbonyl (C=O) groups is 1. The SMILES string of the molecule is C=CC(O)C(C)C(=O)O. The van der Waals surface area contributed by atoms with Crippen molar-refractivity contribution in [3.05, 3.63) is 12.7 Å². The predicted octanol–water partition coefficient (Wildman–Crippen LogP) is 0.254. The maximum Gasteiger partial charge on any atom is 0.309 e. The summed E-state index contributed by atoms with van der Waals surface area (Å²) in [4.78, 5) is 10.1. The lowest BCUT2D eigenvalue weighted by Gasteiger charge is -2.08. The van der Waals surface area contributed by atoms with Crippen LogP contribution in [0, 0.1) is 5.92 Å². The molecule has 0 aromatic carbocycles. The van der Waals surface area contributed by atoms with Crippen LogP contribution in [-0.2, 0) is 4.79 Å². The Balaban J connectivity index is 3.86. The predicted molar refractivity (Wildman–Crippen MR) is 33.0 cm³/mol. The van der Waals surface area contributed by atoms with Crippen molar-refractivity contribution in [2.24, 2.45) is 5.92 Å². The summed E-state index contributed by atoms with van der Waals surface area (Å²) >= 11 is 0. The number of hydrogen-bond acceptors (Lipinski definition) is 2. The molecule has 0 heterocycles. The largest absolute Gasteiger partial charge is 0.481 e. The number of aliphatic carboxylic acids is 1. The first-order valence-corrected chi connectivity index (χ1v) is 2.63. The second-order valence-corrected chi connectivity index (χ2v) is 1.85. The average Bonchev–Trinajstić information content (AvgIpc) is 1.84. The molecule has 0 rings (SSSR count). The summed E-state index contributed by atoms with van der Waals surface area (Å²) in [7, 11) is 0. The van der Waals surface area contributed by atoms with Crippen molar-refractivity contribution >= 4 is 5.97 Å². The molecule has 52 valence electrons. The third-order valence-electron chi connectivity index (χ3n) is 1.14. The van der Waals surface area contributed by atoms with Crippen LogP contribution in [0.1, 0.15) is 6.92 Å². The second-order valence-electron chi connectivity index (χ2n) is 1.85. The van der Waals surface area contributed by atoms with Gasteiger partial charge in [0.1, 0.15) is 0 Å². The van der Waals surface area contributed by atoms with Crippen molar-refractivity contribution in [3.8, 4) is 0 Å². The lowest BCUT2D eigenvalue weighted by atomic mass is 10.1. The second kappa shape index (κ2) is 3.25. The first kappa shape index (κ1) is 8.17. The van der Waals surface area contributed by atoms with Gasteiger partial charge in [-0.25, -0.2) is 0 Å². The molecular formula is C6H10O3. The van der Waals surface area contributed by atoms with E-state index in [1.807, 2.05) is 0 Å². The molecule has 0 spiro atoms. The number of aliphatic hydroxyl groups is 1. The summed E-state index contributed by atoms with van der Waals surface area (Å²) in [5.41, 5.74) is 0. The topological polar surface area (TPSA) is 57.5 Å². The molecular weight excluding hydrogens is 120 g/mol. The van der Waals surface area contributed by atoms with Crippen LogP contribution in [0.15, 0.2) is 12.7 Å². The molecule has 0 aliphatic rings. The molecule has 2 N–H and O–H groups in total. The standard InChI is InChI=1S/C6H10O3/c1-3-5(7)4(2)6(8)9/h3-5,7H,1H2,2H3,(H,8,9). The van der Waals surface area contributed by atoms with Crippen molar-refractivity contribution in [1.82, 2.24) is 0 Å². The molecule has 9 heavy (non-hydrogen) atoms. The highest BCUT2D eigenvalue weighted by atomic mass is 16.4. The molecule has 0 saturated carbocycles. The zero-order chi connectivity index (χ0) is 7.44. The first-order chi connectivity index (χ1) is 4.09. The van der Waals surface area contributed by atoms with E-state index < -0.39 is 18.0 Å². The minimum absolute atomic E-state index is 0.762. The Bertz CT molecular complexity index is 119. The van der Waals surface area contributed by atoms with E-state index in [4.69, 9.17) is 10.2 Å². The third kappa shape index (κ3) is 2.28. The van der Waals surface area contributed by atoms with Crippen LogP contribution in [0.5, 0.6) is 0 Å². The fourth-order valence-corrected chi connectivity index (χ4v) is 0.350. The molecule has 0 amide bonds. The van der Waals surface area contributed by atoms with Gasteiger partial charge in [0.2, 0.25) is 0 Å². The van der Waals surface area contributed by atoms with Gasteiger partial charge in [0.15, 0.2) is 0 Å². The number of carboxylic acid groups (broad SMARTS) is 1. The van der Waals surface area contributed by atoms with Crippen LogP contribution in [0.2, 0.25) is 0 Å². The van der Waals surface area contributed by atoms with Crippen LogP contribution in [-0.4, -0.2) is 22.3 Å². The van der Waals surface area contributed by atoms with Crippen molar-refractivity contribution in [2.45, 2.75) is 13.0 Å². The van der Waals surface area contributed by atoms with Gasteiger partial charge in [-0.05, 0) is 6.92 Å². The van der Waals surface area contributed by atoms with E-state index in [1.54, 1.807) is 0 Å². The molecule has 0 aromatic heterocycles. The number of aliphatic hydroxyl groups excluding tert-OH is 1. The van der Waals surface area contributed by atoms with E-state index in [0.717, 1.165) is 0 Å². The highest BCUT2D eigenvalue weighted by Gasteiger charge is 2.17. The summed E-state index contributed by atoms with van der Waals surface area (Å²) in [6.45, 7) is 4.68. The van der Waals surface area contributed by atoms with E-state index in [-0.39, 0.29) is 0 Å². The van der Waals surface area contributed by atoms with Crippen LogP contribution < -0.4 is 0 Å². The Labute approximate surface area is 53.6 Å². The molecule has 0 aliphatic heterocycles. The average molecular weight is 130 g/mol. The Hall–Kier alpha value is -0.830. The van der Waals surface area contributed by atoms with Gasteiger partial charge < -0.3 is 10.2 Å². The highest BCUT2D eigenvalue weighted by Crippen LogP contribution is 2.02. The van der Waals surface area contributed by atoms with Crippen LogP contribution in [0.25, 0.3) is 0 Å². The van der Waals surface area contributed by atoms with Gasteiger partial charge in [0.05, 0.1) is 12.0 Å². The monoisotopic (exact) mass is 130 g/mol. The molecule has 3 heteroatoms. The van der Waals surface area contributed by atoms with Crippen LogP contribution in [0.4, 0.5) is 0 Å². The van der Waals surface area contributed by atoms with Gasteiger partial charge in [0, 0.05) is 0 Å². The van der Waals surface area contributed by atoms with E-state index in [1.165, 1.54) is 13.0 Å². The van der Waals surface area contributed by atoms with Gasteiger partial charge in [-0.2, -0.15) is 0 Å². The summed E-state index contributed by atoms with van der Waals surface area (Å²) in [6.07, 6.45) is 0.265. The summed E-state index contributed by atoms with van der Waals surface area (Å²) in [6, 6.07) is 0. The van der Waals surface area contributed by atoms with Crippen molar-refractivity contribution < 1.29 is 15.0 Å². The molecule has 2 atom stereocenters. The summed E-state index contributed by atoms with van der Waals surface area (Å²) in [5.74, 6) is -1.77. The Morgan fingerprint density at radius 1 is 1.78 bits per heavy atom. The Morgan fingerprint density at radius 2 is 2.22 bits per heavy atom. The molecule has 0 fully saturated rings. The normalized spacial score (nSPS) is 16.2. The maximum absolute atomic E-state index is 10.1. The number of hydrogen-bond donors (Lipinski definition) is 2. The fourth-order valence-electron chi connectivity index (χ4n) is 0.350. The lowest BCUT2D eigenvalue weighted by molar-refractivity contribution is -0.143. The van der Waals surface area contributed by atoms with Crippen molar-refractivity contribution in [2.75, 3.05) is 0 Å². The zero-order valence-corrected chi connectivity index (χ0v) is 5.24. The minimum Gasteiger partial charge on any atom is -0.481 e. The maximum atomic E-state index is 10.1. The van der Waals surface area contributed by atoms with E-state index in [9.17, 15) is 4.79 Å². The molecule has 0 radical (unpaired) electrons. The van der Waals surface area contributed by atoms with Gasteiger partial charge in [-0.15, -0.1) is 6.58 Å². The van der Waals surface area contributed by atoms with Gasteiger partial charge in [0.25, 0.3) is 0 Å². The first-order valence-electron chi connectivity index (χ1n) is 2.63. The van der Waals surface area contributed by atoms with E-state index in [2.05, 4.69) is 6.58 Å². The molecule has 2 unspecified atom stereocenters. The summed E-state index contributed by atoms with van der Waals surface area (Å²) in [5, 5.41) is 17.1. The molecule has 0 aromatic rings. The zero-order valence-electron chi connectivity index (χ0n) is 5.24. The summed E-state index contributed by atoms with van der Waals surface area (Å²) < 4.78 is 0. The highest BCUT2D eigenvalue weighted by molar-refractivity contribution is 5.70. The molecule has 0 aliphatic carbocycles. The number of carboxylic acids is 1. The van der Waals surface area contributed by atoms with E-state index >= 15 is 0 Å². The van der Waals surface area contributed by atoms with Crippen molar-refractivity contribution in [1.29, 1.82) is 0 Å². The third-order valence-corrected chi connectivity index (χ3v) is 1.14. The Kier molecular flexibility index (Phi) is 2.95. The number of rotatable bonds is 3. The Morgan fingerprint density at radius 3 is 2.33 bits per heavy atom. The molecule has 0 bridgehead atoms. The fraction of sp³-hybridized carbons (Fsp3) is 0.500. The van der Waals surface area contributed by atoms with Gasteiger partial charge >= 0.3 is 5.97 Å². The van der Waals surface area contributed by atoms with Gasteiger partial charge in [-0.1, -0.05) is 6.08 Å². The van der Waals surface area contributed by atoms with Crippen molar-refractivity contribution in [3.63, 3.8) is 0 Å². The molecule has 3 nitrogen and oxygen atoms in total. The smallest absolute Gasteiger partial charge is 0.309 e. The van der Waals surface area contributed by atoms with Gasteiger partial charge in [-0.3, -0.25) is 4.79 Å².